The quantitative estimate of drug-likeness (QED) is 0.534. The molecule has 174 valence electrons. The molecule has 1 saturated heterocycles. The number of carbonyl (C=O) groups is 1. The molecular weight excluding hydrogens is 444 g/mol. The van der Waals surface area contributed by atoms with Crippen molar-refractivity contribution in [2.75, 3.05) is 11.9 Å². The summed E-state index contributed by atoms with van der Waals surface area (Å²) >= 11 is 0. The van der Waals surface area contributed by atoms with Crippen molar-refractivity contribution in [2.24, 2.45) is 0 Å². The van der Waals surface area contributed by atoms with Crippen molar-refractivity contribution in [3.63, 3.8) is 0 Å². The number of alkyl halides is 4. The summed E-state index contributed by atoms with van der Waals surface area (Å²) in [6.07, 6.45) is 2.83. The minimum absolute atomic E-state index is 0.0252. The molecule has 1 N–H and O–H groups in total. The molecule has 11 heteroatoms. The van der Waals surface area contributed by atoms with Crippen molar-refractivity contribution in [3.05, 3.63) is 53.6 Å². The molecule has 2 bridgehead atoms. The second kappa shape index (κ2) is 7.68. The van der Waals surface area contributed by atoms with Gasteiger partial charge < -0.3 is 19.2 Å². The first-order chi connectivity index (χ1) is 15.7. The molecule has 0 radical (unpaired) electrons. The summed E-state index contributed by atoms with van der Waals surface area (Å²) in [6.45, 7) is -0.597. The molecule has 5 rings (SSSR count). The van der Waals surface area contributed by atoms with Crippen LogP contribution in [-0.2, 0) is 10.2 Å². The zero-order valence-corrected chi connectivity index (χ0v) is 17.5. The summed E-state index contributed by atoms with van der Waals surface area (Å²) in [5, 5.41) is 2.41. The van der Waals surface area contributed by atoms with Crippen LogP contribution in [0.15, 0.2) is 36.7 Å². The van der Waals surface area contributed by atoms with Crippen LogP contribution in [0, 0.1) is 0 Å². The summed E-state index contributed by atoms with van der Waals surface area (Å²) in [6, 6.07) is 4.96. The van der Waals surface area contributed by atoms with E-state index in [-0.39, 0.29) is 33.8 Å². The molecule has 2 fully saturated rings. The molecule has 0 aromatic carbocycles. The van der Waals surface area contributed by atoms with E-state index in [0.29, 0.717) is 12.3 Å². The third-order valence-electron chi connectivity index (χ3n) is 6.32. The predicted octanol–water partition coefficient (Wildman–Crippen LogP) is 4.73. The van der Waals surface area contributed by atoms with Gasteiger partial charge >= 0.3 is 6.61 Å². The highest BCUT2D eigenvalue weighted by Crippen LogP contribution is 2.53. The molecule has 2 aliphatic rings. The minimum Gasteiger partial charge on any atom is -0.431 e. The number of rotatable bonds is 6. The zero-order chi connectivity index (χ0) is 23.4. The molecule has 3 aromatic heterocycles. The average molecular weight is 464 g/mol. The lowest BCUT2D eigenvalue weighted by molar-refractivity contribution is -0.0492. The monoisotopic (exact) mass is 464 g/mol. The van der Waals surface area contributed by atoms with Crippen molar-refractivity contribution in [1.29, 1.82) is 0 Å². The van der Waals surface area contributed by atoms with E-state index in [4.69, 9.17) is 4.74 Å². The van der Waals surface area contributed by atoms with Crippen LogP contribution in [0.2, 0.25) is 0 Å². The second-order valence-corrected chi connectivity index (χ2v) is 8.73. The van der Waals surface area contributed by atoms with Crippen molar-refractivity contribution in [1.82, 2.24) is 14.4 Å². The van der Waals surface area contributed by atoms with Gasteiger partial charge in [-0.05, 0) is 44.4 Å². The number of halogens is 4. The topological polar surface area (TPSA) is 77.8 Å². The van der Waals surface area contributed by atoms with E-state index < -0.39 is 24.6 Å². The molecule has 2 atom stereocenters. The third kappa shape index (κ3) is 3.90. The Kier molecular flexibility index (Phi) is 5.04. The van der Waals surface area contributed by atoms with Gasteiger partial charge in [0.05, 0.1) is 23.5 Å². The Morgan fingerprint density at radius 2 is 2.03 bits per heavy atom. The Morgan fingerprint density at radius 3 is 2.67 bits per heavy atom. The molecule has 0 spiro atoms. The second-order valence-electron chi connectivity index (χ2n) is 8.73. The number of aromatic nitrogens is 3. The van der Waals surface area contributed by atoms with Gasteiger partial charge in [0, 0.05) is 17.8 Å². The van der Waals surface area contributed by atoms with E-state index in [2.05, 4.69) is 20.0 Å². The molecule has 33 heavy (non-hydrogen) atoms. The fraction of sp³-hybridized carbons (Fsp3) is 0.409. The number of imidazole rings is 1. The maximum absolute atomic E-state index is 13.1. The molecule has 1 aliphatic heterocycles. The summed E-state index contributed by atoms with van der Waals surface area (Å²) in [4.78, 5) is 21.0. The van der Waals surface area contributed by atoms with Gasteiger partial charge in [-0.1, -0.05) is 6.07 Å². The van der Waals surface area contributed by atoms with Gasteiger partial charge in [0.1, 0.15) is 11.5 Å². The molecule has 1 saturated carbocycles. The number of amides is 1. The Bertz CT molecular complexity index is 1220. The van der Waals surface area contributed by atoms with Crippen LogP contribution < -0.4 is 10.1 Å². The first-order valence-corrected chi connectivity index (χ1v) is 10.3. The molecule has 2 unspecified atom stereocenters. The van der Waals surface area contributed by atoms with E-state index in [9.17, 15) is 22.4 Å². The number of ether oxygens (including phenoxy) is 2. The average Bonchev–Trinajstić information content (AvgIpc) is 3.44. The first-order valence-electron chi connectivity index (χ1n) is 10.3. The van der Waals surface area contributed by atoms with Gasteiger partial charge in [0.15, 0.2) is 11.4 Å². The molecule has 1 amide bonds. The van der Waals surface area contributed by atoms with Gasteiger partial charge in [0.25, 0.3) is 12.3 Å². The van der Waals surface area contributed by atoms with Crippen molar-refractivity contribution in [3.8, 4) is 5.75 Å². The Balaban J connectivity index is 1.50. The van der Waals surface area contributed by atoms with Crippen LogP contribution in [0.1, 0.15) is 54.4 Å². The van der Waals surface area contributed by atoms with E-state index in [0.717, 1.165) is 31.4 Å². The molecule has 4 heterocycles. The molecule has 7 nitrogen and oxygen atoms in total. The van der Waals surface area contributed by atoms with Gasteiger partial charge in [-0.3, -0.25) is 4.79 Å². The summed E-state index contributed by atoms with van der Waals surface area (Å²) in [5.74, 6) is -1.08. The van der Waals surface area contributed by atoms with Crippen molar-refractivity contribution >= 4 is 17.4 Å². The van der Waals surface area contributed by atoms with Gasteiger partial charge in [-0.2, -0.15) is 8.78 Å². The number of pyridine rings is 2. The molecular formula is C22H20F4N4O3. The highest BCUT2D eigenvalue weighted by Gasteiger charge is 2.55. The molecule has 3 aromatic rings. The van der Waals surface area contributed by atoms with Crippen LogP contribution in [0.3, 0.4) is 0 Å². The Morgan fingerprint density at radius 1 is 1.21 bits per heavy atom. The SMILES string of the molecule is CC12CCC(c3cn4cc(C(=O)Nc5cccc(C(F)F)n5)cc(OC(F)F)c4n3)(CO1)C2. The van der Waals surface area contributed by atoms with Gasteiger partial charge in [0.2, 0.25) is 0 Å². The maximum atomic E-state index is 13.1. The highest BCUT2D eigenvalue weighted by molar-refractivity contribution is 6.04. The lowest BCUT2D eigenvalue weighted by Crippen LogP contribution is -2.26. The number of nitrogens with zero attached hydrogens (tertiary/aromatic N) is 3. The fourth-order valence-electron chi connectivity index (χ4n) is 4.71. The largest absolute Gasteiger partial charge is 0.431 e. The smallest absolute Gasteiger partial charge is 0.387 e. The number of anilines is 1. The minimum atomic E-state index is -3.13. The summed E-state index contributed by atoms with van der Waals surface area (Å²) < 4.78 is 64.0. The third-order valence-corrected chi connectivity index (χ3v) is 6.32. The molecule has 1 aliphatic carbocycles. The van der Waals surface area contributed by atoms with E-state index in [1.54, 1.807) is 6.20 Å². The lowest BCUT2D eigenvalue weighted by Gasteiger charge is -2.24. The van der Waals surface area contributed by atoms with Crippen molar-refractivity contribution in [2.45, 2.75) is 50.2 Å². The number of hydrogen-bond acceptors (Lipinski definition) is 5. The highest BCUT2D eigenvalue weighted by atomic mass is 19.3. The van der Waals surface area contributed by atoms with E-state index in [1.165, 1.54) is 22.7 Å². The number of fused-ring (bicyclic) bond motifs is 3. The number of carbonyl (C=O) groups excluding carboxylic acids is 1. The predicted molar refractivity (Wildman–Crippen MR) is 109 cm³/mol. The fourth-order valence-corrected chi connectivity index (χ4v) is 4.71. The first kappa shape index (κ1) is 21.6. The van der Waals surface area contributed by atoms with Crippen LogP contribution in [0.25, 0.3) is 5.65 Å². The summed E-state index contributed by atoms with van der Waals surface area (Å²) in [5.41, 5.74) is -0.219. The van der Waals surface area contributed by atoms with Crippen LogP contribution in [0.5, 0.6) is 5.75 Å². The Labute approximate surface area is 185 Å². The van der Waals surface area contributed by atoms with E-state index in [1.807, 2.05) is 6.92 Å². The maximum Gasteiger partial charge on any atom is 0.387 e. The standard InChI is InChI=1S/C22H20F4N4O3/c1-21-5-6-22(10-21,11-32-21)15-9-30-8-12(7-14(18(30)28-15)33-20(25)26)19(31)29-16-4-2-3-13(27-16)17(23)24/h2-4,7-9,17,20H,5-6,10-11H2,1H3,(H,27,29,31). The normalized spacial score (nSPS) is 24.2. The zero-order valence-electron chi connectivity index (χ0n) is 17.5. The van der Waals surface area contributed by atoms with Crippen molar-refractivity contribution < 1.29 is 31.8 Å². The van der Waals surface area contributed by atoms with Crippen LogP contribution >= 0.6 is 0 Å². The Hall–Kier alpha value is -3.21. The number of nitrogens with one attached hydrogen (secondary N) is 1. The van der Waals surface area contributed by atoms with Crippen LogP contribution in [-0.4, -0.2) is 39.1 Å². The van der Waals surface area contributed by atoms with Gasteiger partial charge in [-0.15, -0.1) is 0 Å². The van der Waals surface area contributed by atoms with E-state index >= 15 is 0 Å². The van der Waals surface area contributed by atoms with Gasteiger partial charge in [-0.25, -0.2) is 18.7 Å². The number of hydrogen-bond donors (Lipinski definition) is 1. The van der Waals surface area contributed by atoms with Crippen LogP contribution in [0.4, 0.5) is 23.4 Å². The summed E-state index contributed by atoms with van der Waals surface area (Å²) in [7, 11) is 0. The lowest BCUT2D eigenvalue weighted by atomic mass is 9.84.